The van der Waals surface area contributed by atoms with Crippen LogP contribution in [0.3, 0.4) is 0 Å². The molecular formula is C10H11N3O3. The van der Waals surface area contributed by atoms with Gasteiger partial charge >= 0.3 is 5.97 Å². The van der Waals surface area contributed by atoms with E-state index in [1.807, 2.05) is 12.1 Å². The number of rotatable bonds is 3. The second kappa shape index (κ2) is 4.28. The van der Waals surface area contributed by atoms with E-state index < -0.39 is 12.0 Å². The lowest BCUT2D eigenvalue weighted by Gasteiger charge is -2.08. The van der Waals surface area contributed by atoms with E-state index in [0.717, 1.165) is 5.56 Å². The lowest BCUT2D eigenvalue weighted by atomic mass is 10.1. The summed E-state index contributed by atoms with van der Waals surface area (Å²) in [6.07, 6.45) is 0.345. The van der Waals surface area contributed by atoms with Crippen LogP contribution in [0, 0.1) is 0 Å². The minimum absolute atomic E-state index is 0.345. The fraction of sp³-hybridized carbons (Fsp3) is 0.300. The fourth-order valence-corrected chi connectivity index (χ4v) is 1.50. The third-order valence-electron chi connectivity index (χ3n) is 2.31. The maximum absolute atomic E-state index is 11.2. The molecule has 0 saturated heterocycles. The highest BCUT2D eigenvalue weighted by Gasteiger charge is 2.16. The average Bonchev–Trinajstić information content (AvgIpc) is 2.77. The highest BCUT2D eigenvalue weighted by molar-refractivity contribution is 5.80. The van der Waals surface area contributed by atoms with E-state index in [0.29, 0.717) is 17.5 Å². The Morgan fingerprint density at radius 3 is 3.12 bits per heavy atom. The number of hydrogen-bond acceptors (Lipinski definition) is 6. The van der Waals surface area contributed by atoms with Gasteiger partial charge in [0, 0.05) is 6.42 Å². The highest BCUT2D eigenvalue weighted by atomic mass is 16.6. The van der Waals surface area contributed by atoms with Crippen LogP contribution in [0.5, 0.6) is 0 Å². The summed E-state index contributed by atoms with van der Waals surface area (Å²) < 4.78 is 9.17. The van der Waals surface area contributed by atoms with Crippen molar-refractivity contribution in [3.8, 4) is 0 Å². The van der Waals surface area contributed by atoms with Gasteiger partial charge in [0.25, 0.3) is 0 Å². The summed E-state index contributed by atoms with van der Waals surface area (Å²) in [6.45, 7) is 0. The first kappa shape index (κ1) is 10.6. The molecule has 6 nitrogen and oxygen atoms in total. The van der Waals surface area contributed by atoms with Crippen LogP contribution in [-0.2, 0) is 16.0 Å². The van der Waals surface area contributed by atoms with Gasteiger partial charge in [-0.3, -0.25) is 4.79 Å². The number of esters is 1. The van der Waals surface area contributed by atoms with E-state index >= 15 is 0 Å². The predicted molar refractivity (Wildman–Crippen MR) is 55.5 cm³/mol. The number of benzene rings is 1. The summed E-state index contributed by atoms with van der Waals surface area (Å²) in [5.74, 6) is -0.451. The van der Waals surface area contributed by atoms with Crippen molar-refractivity contribution in [1.29, 1.82) is 0 Å². The van der Waals surface area contributed by atoms with E-state index in [1.165, 1.54) is 7.11 Å². The van der Waals surface area contributed by atoms with E-state index in [4.69, 9.17) is 5.73 Å². The van der Waals surface area contributed by atoms with Crippen LogP contribution in [0.15, 0.2) is 22.8 Å². The Morgan fingerprint density at radius 1 is 1.56 bits per heavy atom. The van der Waals surface area contributed by atoms with Gasteiger partial charge in [-0.2, -0.15) is 0 Å². The van der Waals surface area contributed by atoms with E-state index in [2.05, 4.69) is 19.7 Å². The second-order valence-corrected chi connectivity index (χ2v) is 3.38. The van der Waals surface area contributed by atoms with Gasteiger partial charge in [0.05, 0.1) is 7.11 Å². The Bertz CT molecular complexity index is 509. The minimum atomic E-state index is -0.702. The summed E-state index contributed by atoms with van der Waals surface area (Å²) in [5.41, 5.74) is 7.76. The maximum atomic E-state index is 11.2. The topological polar surface area (TPSA) is 91.2 Å². The molecule has 0 aliphatic heterocycles. The molecular weight excluding hydrogens is 210 g/mol. The number of methoxy groups -OCH3 is 1. The van der Waals surface area contributed by atoms with Crippen LogP contribution >= 0.6 is 0 Å². The maximum Gasteiger partial charge on any atom is 0.322 e. The Morgan fingerprint density at radius 2 is 2.38 bits per heavy atom. The first-order valence-electron chi connectivity index (χ1n) is 4.76. The number of carbonyl (C=O) groups excluding carboxylic acids is 1. The SMILES string of the molecule is COC(=O)C(N)Cc1cccc2nonc12. The monoisotopic (exact) mass is 221 g/mol. The van der Waals surface area contributed by atoms with Crippen molar-refractivity contribution >= 4 is 17.0 Å². The third-order valence-corrected chi connectivity index (χ3v) is 2.31. The fourth-order valence-electron chi connectivity index (χ4n) is 1.50. The van der Waals surface area contributed by atoms with Gasteiger partial charge in [0.1, 0.15) is 17.1 Å². The smallest absolute Gasteiger partial charge is 0.322 e. The van der Waals surface area contributed by atoms with Crippen molar-refractivity contribution in [2.45, 2.75) is 12.5 Å². The lowest BCUT2D eigenvalue weighted by molar-refractivity contribution is -0.142. The number of fused-ring (bicyclic) bond motifs is 1. The second-order valence-electron chi connectivity index (χ2n) is 3.38. The van der Waals surface area contributed by atoms with Crippen molar-refractivity contribution < 1.29 is 14.2 Å². The molecule has 0 spiro atoms. The number of hydrogen-bond donors (Lipinski definition) is 1. The van der Waals surface area contributed by atoms with Crippen LogP contribution < -0.4 is 5.73 Å². The molecule has 0 bridgehead atoms. The van der Waals surface area contributed by atoms with Gasteiger partial charge < -0.3 is 10.5 Å². The number of carbonyl (C=O) groups is 1. The molecule has 84 valence electrons. The van der Waals surface area contributed by atoms with Gasteiger partial charge in [-0.05, 0) is 21.9 Å². The van der Waals surface area contributed by atoms with E-state index in [1.54, 1.807) is 6.07 Å². The zero-order valence-corrected chi connectivity index (χ0v) is 8.71. The van der Waals surface area contributed by atoms with Gasteiger partial charge in [-0.15, -0.1) is 0 Å². The molecule has 2 rings (SSSR count). The van der Waals surface area contributed by atoms with Crippen LogP contribution in [-0.4, -0.2) is 29.4 Å². The average molecular weight is 221 g/mol. The first-order chi connectivity index (χ1) is 7.72. The summed E-state index contributed by atoms with van der Waals surface area (Å²) in [5, 5.41) is 7.47. The van der Waals surface area contributed by atoms with Crippen LogP contribution in [0.2, 0.25) is 0 Å². The molecule has 1 atom stereocenters. The molecule has 0 amide bonds. The molecule has 2 N–H and O–H groups in total. The van der Waals surface area contributed by atoms with Crippen molar-refractivity contribution in [3.05, 3.63) is 23.8 Å². The van der Waals surface area contributed by atoms with E-state index in [9.17, 15) is 4.79 Å². The van der Waals surface area contributed by atoms with Crippen molar-refractivity contribution in [3.63, 3.8) is 0 Å². The summed E-state index contributed by atoms with van der Waals surface area (Å²) in [6, 6.07) is 4.72. The molecule has 0 saturated carbocycles. The zero-order chi connectivity index (χ0) is 11.5. The summed E-state index contributed by atoms with van der Waals surface area (Å²) in [4.78, 5) is 11.2. The van der Waals surface area contributed by atoms with E-state index in [-0.39, 0.29) is 0 Å². The molecule has 0 aliphatic rings. The normalized spacial score (nSPS) is 12.6. The Balaban J connectivity index is 2.27. The molecule has 16 heavy (non-hydrogen) atoms. The first-order valence-corrected chi connectivity index (χ1v) is 4.76. The van der Waals surface area contributed by atoms with Crippen molar-refractivity contribution in [2.75, 3.05) is 7.11 Å². The number of nitrogens with two attached hydrogens (primary N) is 1. The molecule has 1 heterocycles. The Hall–Kier alpha value is -1.95. The quantitative estimate of drug-likeness (QED) is 0.748. The molecule has 1 unspecified atom stereocenters. The predicted octanol–water partition coefficient (Wildman–Crippen LogP) is 0.266. The standard InChI is InChI=1S/C10H11N3O3/c1-15-10(14)7(11)5-6-3-2-4-8-9(6)13-16-12-8/h2-4,7H,5,11H2,1H3. The summed E-state index contributed by atoms with van der Waals surface area (Å²) in [7, 11) is 1.31. The molecule has 0 aliphatic carbocycles. The largest absolute Gasteiger partial charge is 0.468 e. The minimum Gasteiger partial charge on any atom is -0.468 e. The van der Waals surface area contributed by atoms with Gasteiger partial charge in [0.2, 0.25) is 0 Å². The number of ether oxygens (including phenoxy) is 1. The van der Waals surface area contributed by atoms with Gasteiger partial charge in [-0.1, -0.05) is 12.1 Å². The molecule has 0 fully saturated rings. The molecule has 0 radical (unpaired) electrons. The third kappa shape index (κ3) is 1.87. The number of aromatic nitrogens is 2. The van der Waals surface area contributed by atoms with Crippen molar-refractivity contribution in [2.24, 2.45) is 5.73 Å². The zero-order valence-electron chi connectivity index (χ0n) is 8.71. The van der Waals surface area contributed by atoms with Gasteiger partial charge in [-0.25, -0.2) is 4.63 Å². The lowest BCUT2D eigenvalue weighted by Crippen LogP contribution is -2.33. The number of nitrogens with zero attached hydrogens (tertiary/aromatic N) is 2. The van der Waals surface area contributed by atoms with Gasteiger partial charge in [0.15, 0.2) is 0 Å². The molecule has 1 aromatic heterocycles. The molecule has 6 heteroatoms. The van der Waals surface area contributed by atoms with Crippen LogP contribution in [0.4, 0.5) is 0 Å². The summed E-state index contributed by atoms with van der Waals surface area (Å²) >= 11 is 0. The molecule has 2 aromatic rings. The Labute approximate surface area is 91.3 Å². The molecule has 1 aromatic carbocycles. The Kier molecular flexibility index (Phi) is 2.82. The van der Waals surface area contributed by atoms with Crippen LogP contribution in [0.25, 0.3) is 11.0 Å². The van der Waals surface area contributed by atoms with Crippen molar-refractivity contribution in [1.82, 2.24) is 10.3 Å². The highest BCUT2D eigenvalue weighted by Crippen LogP contribution is 2.15. The van der Waals surface area contributed by atoms with Crippen LogP contribution in [0.1, 0.15) is 5.56 Å².